The highest BCUT2D eigenvalue weighted by molar-refractivity contribution is 5.97. The van der Waals surface area contributed by atoms with Gasteiger partial charge in [0.15, 0.2) is 11.5 Å². The molecule has 7 nitrogen and oxygen atoms in total. The highest BCUT2D eigenvalue weighted by Crippen LogP contribution is 2.24. The van der Waals surface area contributed by atoms with Crippen molar-refractivity contribution >= 4 is 11.9 Å². The molecule has 0 bridgehead atoms. The standard InChI is InChI=1S/C11H13NO6/c13-4-3-7(11(17)18)12-10(16)6-1-2-8(14)9(15)5-6/h1-2,5,7,13-15H,3-4H2,(H,12,16)(H,17,18). The van der Waals surface area contributed by atoms with E-state index in [0.717, 1.165) is 12.1 Å². The third kappa shape index (κ3) is 3.36. The predicted molar refractivity (Wildman–Crippen MR) is 60.4 cm³/mol. The molecule has 1 aromatic carbocycles. The van der Waals surface area contributed by atoms with Crippen LogP contribution < -0.4 is 5.32 Å². The molecular weight excluding hydrogens is 242 g/mol. The van der Waals surface area contributed by atoms with Crippen LogP contribution in [0.3, 0.4) is 0 Å². The van der Waals surface area contributed by atoms with Gasteiger partial charge in [0.05, 0.1) is 0 Å². The lowest BCUT2D eigenvalue weighted by molar-refractivity contribution is -0.139. The van der Waals surface area contributed by atoms with Crippen molar-refractivity contribution in [1.29, 1.82) is 0 Å². The SMILES string of the molecule is O=C(NC(CCO)C(=O)O)c1ccc(O)c(O)c1. The van der Waals surface area contributed by atoms with E-state index in [4.69, 9.17) is 15.3 Å². The summed E-state index contributed by atoms with van der Waals surface area (Å²) in [4.78, 5) is 22.4. The van der Waals surface area contributed by atoms with E-state index in [1.54, 1.807) is 0 Å². The molecule has 0 spiro atoms. The molecule has 5 N–H and O–H groups in total. The average molecular weight is 255 g/mol. The maximum absolute atomic E-state index is 11.6. The number of nitrogens with one attached hydrogen (secondary N) is 1. The van der Waals surface area contributed by atoms with E-state index in [-0.39, 0.29) is 24.3 Å². The quantitative estimate of drug-likeness (QED) is 0.458. The molecule has 0 saturated carbocycles. The van der Waals surface area contributed by atoms with Gasteiger partial charge in [-0.3, -0.25) is 4.79 Å². The Morgan fingerprint density at radius 1 is 1.22 bits per heavy atom. The van der Waals surface area contributed by atoms with Crippen LogP contribution in [-0.2, 0) is 4.79 Å². The lowest BCUT2D eigenvalue weighted by Gasteiger charge is -2.13. The molecule has 1 unspecified atom stereocenters. The van der Waals surface area contributed by atoms with Gasteiger partial charge in [0.2, 0.25) is 0 Å². The van der Waals surface area contributed by atoms with Crippen molar-refractivity contribution in [3.63, 3.8) is 0 Å². The Balaban J connectivity index is 2.80. The van der Waals surface area contributed by atoms with Gasteiger partial charge in [0.25, 0.3) is 5.91 Å². The van der Waals surface area contributed by atoms with E-state index >= 15 is 0 Å². The Kier molecular flexibility index (Phi) is 4.50. The minimum Gasteiger partial charge on any atom is -0.504 e. The van der Waals surface area contributed by atoms with Gasteiger partial charge in [-0.15, -0.1) is 0 Å². The van der Waals surface area contributed by atoms with Crippen LogP contribution >= 0.6 is 0 Å². The molecule has 0 saturated heterocycles. The maximum atomic E-state index is 11.6. The average Bonchev–Trinajstić information content (AvgIpc) is 2.31. The molecule has 0 aromatic heterocycles. The van der Waals surface area contributed by atoms with Crippen molar-refractivity contribution < 1.29 is 30.0 Å². The van der Waals surface area contributed by atoms with Crippen LogP contribution in [0.5, 0.6) is 11.5 Å². The van der Waals surface area contributed by atoms with Crippen LogP contribution in [0.1, 0.15) is 16.8 Å². The van der Waals surface area contributed by atoms with Gasteiger partial charge >= 0.3 is 5.97 Å². The summed E-state index contributed by atoms with van der Waals surface area (Å²) in [6, 6.07) is 2.16. The van der Waals surface area contributed by atoms with Crippen LogP contribution in [-0.4, -0.2) is 45.0 Å². The first-order valence-corrected chi connectivity index (χ1v) is 5.12. The number of aliphatic hydroxyl groups is 1. The fourth-order valence-electron chi connectivity index (χ4n) is 1.29. The van der Waals surface area contributed by atoms with Crippen LogP contribution in [0, 0.1) is 0 Å². The summed E-state index contributed by atoms with van der Waals surface area (Å²) in [6.07, 6.45) is -0.120. The number of carboxylic acid groups (broad SMARTS) is 1. The fourth-order valence-corrected chi connectivity index (χ4v) is 1.29. The monoisotopic (exact) mass is 255 g/mol. The van der Waals surface area contributed by atoms with Crippen LogP contribution in [0.25, 0.3) is 0 Å². The predicted octanol–water partition coefficient (Wildman–Crippen LogP) is -0.337. The van der Waals surface area contributed by atoms with Gasteiger partial charge in [0, 0.05) is 18.6 Å². The summed E-state index contributed by atoms with van der Waals surface area (Å²) < 4.78 is 0. The van der Waals surface area contributed by atoms with Gasteiger partial charge in [0.1, 0.15) is 6.04 Å². The molecule has 0 radical (unpaired) electrons. The molecule has 0 aliphatic carbocycles. The van der Waals surface area contributed by atoms with Crippen molar-refractivity contribution in [3.8, 4) is 11.5 Å². The topological polar surface area (TPSA) is 127 Å². The van der Waals surface area contributed by atoms with Gasteiger partial charge in [-0.05, 0) is 18.2 Å². The lowest BCUT2D eigenvalue weighted by Crippen LogP contribution is -2.41. The van der Waals surface area contributed by atoms with Crippen molar-refractivity contribution in [2.24, 2.45) is 0 Å². The third-order valence-electron chi connectivity index (χ3n) is 2.26. The molecule has 1 amide bonds. The summed E-state index contributed by atoms with van der Waals surface area (Å²) >= 11 is 0. The highest BCUT2D eigenvalue weighted by atomic mass is 16.4. The number of aliphatic carboxylic acids is 1. The van der Waals surface area contributed by atoms with Crippen LogP contribution in [0.4, 0.5) is 0 Å². The van der Waals surface area contributed by atoms with Crippen molar-refractivity contribution in [2.75, 3.05) is 6.61 Å². The first-order valence-electron chi connectivity index (χ1n) is 5.12. The van der Waals surface area contributed by atoms with E-state index < -0.39 is 23.7 Å². The third-order valence-corrected chi connectivity index (χ3v) is 2.26. The fraction of sp³-hybridized carbons (Fsp3) is 0.273. The first-order chi connectivity index (χ1) is 8.45. The minimum absolute atomic E-state index is 0.00879. The number of benzene rings is 1. The molecule has 98 valence electrons. The second-order valence-electron chi connectivity index (χ2n) is 3.58. The molecule has 0 aliphatic rings. The molecular formula is C11H13NO6. The normalized spacial score (nSPS) is 11.8. The van der Waals surface area contributed by atoms with E-state index in [1.807, 2.05) is 0 Å². The van der Waals surface area contributed by atoms with Gasteiger partial charge in [-0.2, -0.15) is 0 Å². The molecule has 1 aromatic rings. The molecule has 1 atom stereocenters. The van der Waals surface area contributed by atoms with Gasteiger partial charge in [-0.25, -0.2) is 4.79 Å². The number of hydrogen-bond acceptors (Lipinski definition) is 5. The molecule has 1 rings (SSSR count). The zero-order valence-corrected chi connectivity index (χ0v) is 9.33. The Bertz CT molecular complexity index is 459. The maximum Gasteiger partial charge on any atom is 0.326 e. The Morgan fingerprint density at radius 2 is 1.89 bits per heavy atom. The Hall–Kier alpha value is -2.28. The molecule has 18 heavy (non-hydrogen) atoms. The van der Waals surface area contributed by atoms with E-state index in [2.05, 4.69) is 5.32 Å². The molecule has 7 heteroatoms. The summed E-state index contributed by atoms with van der Waals surface area (Å²) in [5, 5.41) is 37.9. The smallest absolute Gasteiger partial charge is 0.326 e. The first kappa shape index (κ1) is 13.8. The number of aliphatic hydroxyl groups excluding tert-OH is 1. The number of phenolic OH excluding ortho intramolecular Hbond substituents is 2. The number of rotatable bonds is 5. The van der Waals surface area contributed by atoms with E-state index in [1.165, 1.54) is 6.07 Å². The second-order valence-corrected chi connectivity index (χ2v) is 3.58. The molecule has 0 aliphatic heterocycles. The van der Waals surface area contributed by atoms with Crippen molar-refractivity contribution in [1.82, 2.24) is 5.32 Å². The van der Waals surface area contributed by atoms with Crippen molar-refractivity contribution in [3.05, 3.63) is 23.8 Å². The summed E-state index contributed by atoms with van der Waals surface area (Å²) in [6.45, 7) is -0.377. The largest absolute Gasteiger partial charge is 0.504 e. The second kappa shape index (κ2) is 5.87. The summed E-state index contributed by atoms with van der Waals surface area (Å²) in [5.41, 5.74) is 0.00879. The molecule has 0 fully saturated rings. The number of carboxylic acids is 1. The minimum atomic E-state index is -1.26. The summed E-state index contributed by atoms with van der Waals surface area (Å²) in [7, 11) is 0. The van der Waals surface area contributed by atoms with E-state index in [9.17, 15) is 14.7 Å². The number of carbonyl (C=O) groups is 2. The number of aromatic hydroxyl groups is 2. The van der Waals surface area contributed by atoms with Crippen molar-refractivity contribution in [2.45, 2.75) is 12.5 Å². The zero-order valence-electron chi connectivity index (χ0n) is 9.33. The zero-order chi connectivity index (χ0) is 13.7. The van der Waals surface area contributed by atoms with Crippen LogP contribution in [0.15, 0.2) is 18.2 Å². The van der Waals surface area contributed by atoms with Crippen LogP contribution in [0.2, 0.25) is 0 Å². The van der Waals surface area contributed by atoms with E-state index in [0.29, 0.717) is 0 Å². The number of carbonyl (C=O) groups excluding carboxylic acids is 1. The number of phenols is 2. The Morgan fingerprint density at radius 3 is 2.39 bits per heavy atom. The van der Waals surface area contributed by atoms with Gasteiger partial charge < -0.3 is 25.7 Å². The summed E-state index contributed by atoms with van der Waals surface area (Å²) in [5.74, 6) is -2.83. The Labute approximate surface area is 102 Å². The lowest BCUT2D eigenvalue weighted by atomic mass is 10.1. The number of hydrogen-bond donors (Lipinski definition) is 5. The molecule has 0 heterocycles. The number of amides is 1. The van der Waals surface area contributed by atoms with Gasteiger partial charge in [-0.1, -0.05) is 0 Å². The highest BCUT2D eigenvalue weighted by Gasteiger charge is 2.20.